The predicted molar refractivity (Wildman–Crippen MR) is 107 cm³/mol. The molecule has 0 radical (unpaired) electrons. The summed E-state index contributed by atoms with van der Waals surface area (Å²) in [6.07, 6.45) is -2.08. The molecular formula is C18H29N5O9. The number of aliphatic hydroxyl groups excluding tert-OH is 1. The molecule has 4 amide bonds. The van der Waals surface area contributed by atoms with Gasteiger partial charge in [-0.05, 0) is 26.2 Å². The third-order valence-electron chi connectivity index (χ3n) is 4.94. The number of hydrogen-bond donors (Lipinski definition) is 7. The zero-order valence-corrected chi connectivity index (χ0v) is 17.5. The van der Waals surface area contributed by atoms with Gasteiger partial charge in [0.2, 0.25) is 23.6 Å². The molecule has 0 aromatic carbocycles. The minimum absolute atomic E-state index is 0.0946. The number of primary amides is 1. The second-order valence-corrected chi connectivity index (χ2v) is 7.52. The van der Waals surface area contributed by atoms with E-state index in [1.807, 2.05) is 0 Å². The summed E-state index contributed by atoms with van der Waals surface area (Å²) in [5.41, 5.74) is 10.7. The zero-order valence-electron chi connectivity index (χ0n) is 17.5. The third-order valence-corrected chi connectivity index (χ3v) is 4.94. The molecular weight excluding hydrogens is 430 g/mol. The number of carbonyl (C=O) groups is 6. The summed E-state index contributed by atoms with van der Waals surface area (Å²) >= 11 is 0. The number of carboxylic acid groups (broad SMARTS) is 2. The third kappa shape index (κ3) is 7.77. The van der Waals surface area contributed by atoms with Gasteiger partial charge < -0.3 is 42.3 Å². The van der Waals surface area contributed by atoms with Crippen LogP contribution in [-0.2, 0) is 28.8 Å². The van der Waals surface area contributed by atoms with Crippen molar-refractivity contribution in [1.29, 1.82) is 0 Å². The highest BCUT2D eigenvalue weighted by Gasteiger charge is 2.39. The van der Waals surface area contributed by atoms with Crippen LogP contribution in [0.3, 0.4) is 0 Å². The van der Waals surface area contributed by atoms with Gasteiger partial charge in [-0.25, -0.2) is 4.79 Å². The minimum Gasteiger partial charge on any atom is -0.481 e. The van der Waals surface area contributed by atoms with Gasteiger partial charge in [0.1, 0.15) is 24.2 Å². The summed E-state index contributed by atoms with van der Waals surface area (Å²) in [6, 6.07) is -5.38. The van der Waals surface area contributed by atoms with Gasteiger partial charge in [-0.3, -0.25) is 24.0 Å². The van der Waals surface area contributed by atoms with Gasteiger partial charge in [-0.2, -0.15) is 0 Å². The normalized spacial score (nSPS) is 19.3. The zero-order chi connectivity index (χ0) is 24.6. The van der Waals surface area contributed by atoms with Crippen LogP contribution in [0.1, 0.15) is 39.0 Å². The first-order valence-electron chi connectivity index (χ1n) is 9.92. The van der Waals surface area contributed by atoms with Gasteiger partial charge in [-0.1, -0.05) is 0 Å². The van der Waals surface area contributed by atoms with Crippen molar-refractivity contribution >= 4 is 35.6 Å². The van der Waals surface area contributed by atoms with Gasteiger partial charge in [-0.15, -0.1) is 0 Å². The van der Waals surface area contributed by atoms with Crippen molar-refractivity contribution in [2.75, 3.05) is 6.54 Å². The number of nitrogens with one attached hydrogen (secondary N) is 2. The topological polar surface area (TPSA) is 242 Å². The van der Waals surface area contributed by atoms with E-state index < -0.39 is 78.7 Å². The number of nitrogens with two attached hydrogens (primary N) is 2. The number of nitrogens with zero attached hydrogens (tertiary/aromatic N) is 1. The number of aliphatic hydroxyl groups is 1. The van der Waals surface area contributed by atoms with Crippen molar-refractivity contribution in [2.45, 2.75) is 69.3 Å². The molecule has 0 saturated carbocycles. The maximum absolute atomic E-state index is 13.0. The summed E-state index contributed by atoms with van der Waals surface area (Å²) in [5.74, 6) is -6.08. The fourth-order valence-corrected chi connectivity index (χ4v) is 3.18. The largest absolute Gasteiger partial charge is 0.481 e. The fourth-order valence-electron chi connectivity index (χ4n) is 3.18. The van der Waals surface area contributed by atoms with E-state index in [2.05, 4.69) is 10.6 Å². The van der Waals surface area contributed by atoms with E-state index in [0.29, 0.717) is 6.42 Å². The molecule has 1 aliphatic rings. The van der Waals surface area contributed by atoms with Crippen molar-refractivity contribution < 1.29 is 44.1 Å². The van der Waals surface area contributed by atoms with Gasteiger partial charge >= 0.3 is 11.9 Å². The lowest BCUT2D eigenvalue weighted by Gasteiger charge is -2.29. The maximum Gasteiger partial charge on any atom is 0.326 e. The van der Waals surface area contributed by atoms with Crippen LogP contribution >= 0.6 is 0 Å². The van der Waals surface area contributed by atoms with E-state index in [9.17, 15) is 39.0 Å². The number of rotatable bonds is 12. The summed E-state index contributed by atoms with van der Waals surface area (Å²) in [4.78, 5) is 72.3. The Morgan fingerprint density at radius 3 is 2.22 bits per heavy atom. The molecule has 1 fully saturated rings. The van der Waals surface area contributed by atoms with Gasteiger partial charge in [0.25, 0.3) is 0 Å². The van der Waals surface area contributed by atoms with Crippen molar-refractivity contribution in [3.8, 4) is 0 Å². The molecule has 0 aromatic heterocycles. The Labute approximate surface area is 183 Å². The highest BCUT2D eigenvalue weighted by atomic mass is 16.4. The summed E-state index contributed by atoms with van der Waals surface area (Å²) in [5, 5.41) is 31.9. The molecule has 5 atom stereocenters. The van der Waals surface area contributed by atoms with E-state index >= 15 is 0 Å². The smallest absolute Gasteiger partial charge is 0.326 e. The molecule has 0 aliphatic carbocycles. The summed E-state index contributed by atoms with van der Waals surface area (Å²) in [6.45, 7) is 1.36. The van der Waals surface area contributed by atoms with E-state index in [1.54, 1.807) is 0 Å². The predicted octanol–water partition coefficient (Wildman–Crippen LogP) is -3.52. The van der Waals surface area contributed by atoms with Gasteiger partial charge in [0, 0.05) is 13.0 Å². The van der Waals surface area contributed by atoms with Crippen LogP contribution in [0.15, 0.2) is 0 Å². The monoisotopic (exact) mass is 459 g/mol. The van der Waals surface area contributed by atoms with Crippen molar-refractivity contribution in [3.05, 3.63) is 0 Å². The fraction of sp³-hybridized carbons (Fsp3) is 0.667. The second-order valence-electron chi connectivity index (χ2n) is 7.52. The van der Waals surface area contributed by atoms with Crippen LogP contribution in [0.5, 0.6) is 0 Å². The SMILES string of the molecule is CC(O)C(N)C(=O)NC(CC(N)=O)C(=O)N1CCCC1C(=O)NC(CCC(=O)O)C(=O)O. The maximum atomic E-state index is 13.0. The number of likely N-dealkylation sites (tertiary alicyclic amines) is 1. The molecule has 5 unspecified atom stereocenters. The quantitative estimate of drug-likeness (QED) is 0.152. The van der Waals surface area contributed by atoms with Crippen LogP contribution in [0.2, 0.25) is 0 Å². The first-order valence-corrected chi connectivity index (χ1v) is 9.92. The molecule has 1 heterocycles. The highest BCUT2D eigenvalue weighted by Crippen LogP contribution is 2.20. The molecule has 32 heavy (non-hydrogen) atoms. The average molecular weight is 459 g/mol. The van der Waals surface area contributed by atoms with E-state index in [4.69, 9.17) is 16.6 Å². The molecule has 1 aliphatic heterocycles. The highest BCUT2D eigenvalue weighted by molar-refractivity contribution is 5.96. The molecule has 1 rings (SSSR count). The van der Waals surface area contributed by atoms with Gasteiger partial charge in [0.15, 0.2) is 0 Å². The van der Waals surface area contributed by atoms with Crippen LogP contribution in [-0.4, -0.2) is 92.6 Å². The molecule has 0 bridgehead atoms. The average Bonchev–Trinajstić information content (AvgIpc) is 3.18. The van der Waals surface area contributed by atoms with Crippen molar-refractivity contribution in [3.63, 3.8) is 0 Å². The Kier molecular flexibility index (Phi) is 10.00. The minimum atomic E-state index is -1.47. The molecule has 0 spiro atoms. The van der Waals surface area contributed by atoms with Crippen LogP contribution in [0, 0.1) is 0 Å². The van der Waals surface area contributed by atoms with Crippen molar-refractivity contribution in [2.24, 2.45) is 11.5 Å². The summed E-state index contributed by atoms with van der Waals surface area (Å²) in [7, 11) is 0. The van der Waals surface area contributed by atoms with Crippen molar-refractivity contribution in [1.82, 2.24) is 15.5 Å². The molecule has 14 nitrogen and oxygen atoms in total. The first-order chi connectivity index (χ1) is 14.8. The van der Waals surface area contributed by atoms with Crippen LogP contribution in [0.4, 0.5) is 0 Å². The lowest BCUT2D eigenvalue weighted by molar-refractivity contribution is -0.146. The second kappa shape index (κ2) is 12.0. The Bertz CT molecular complexity index is 757. The Hall–Kier alpha value is -3.26. The molecule has 0 aromatic rings. The number of carboxylic acids is 2. The molecule has 180 valence electrons. The standard InChI is InChI=1S/C18H29N5O9/c1-8(24)14(20)16(29)22-10(7-12(19)25)17(30)23-6-2-3-11(23)15(28)21-9(18(31)32)4-5-13(26)27/h8-11,14,24H,2-7,20H2,1H3,(H2,19,25)(H,21,28)(H,22,29)(H,26,27)(H,31,32). The first kappa shape index (κ1) is 26.8. The summed E-state index contributed by atoms with van der Waals surface area (Å²) < 4.78 is 0. The van der Waals surface area contributed by atoms with Crippen LogP contribution in [0.25, 0.3) is 0 Å². The van der Waals surface area contributed by atoms with Crippen LogP contribution < -0.4 is 22.1 Å². The number of carbonyl (C=O) groups excluding carboxylic acids is 4. The number of amides is 4. The number of aliphatic carboxylic acids is 2. The van der Waals surface area contributed by atoms with Gasteiger partial charge in [0.05, 0.1) is 12.5 Å². The Morgan fingerprint density at radius 1 is 1.09 bits per heavy atom. The lowest BCUT2D eigenvalue weighted by atomic mass is 10.1. The Morgan fingerprint density at radius 2 is 1.72 bits per heavy atom. The Balaban J connectivity index is 2.96. The van der Waals surface area contributed by atoms with E-state index in [-0.39, 0.29) is 19.4 Å². The molecule has 9 N–H and O–H groups in total. The van der Waals surface area contributed by atoms with E-state index in [1.165, 1.54) is 6.92 Å². The molecule has 1 saturated heterocycles. The number of hydrogen-bond acceptors (Lipinski definition) is 8. The molecule has 14 heteroatoms. The lowest BCUT2D eigenvalue weighted by Crippen LogP contribution is -2.58. The van der Waals surface area contributed by atoms with E-state index in [0.717, 1.165) is 4.90 Å².